The molecule has 1 aliphatic rings. The molecule has 19 heavy (non-hydrogen) atoms. The first-order chi connectivity index (χ1) is 9.09. The van der Waals surface area contributed by atoms with Gasteiger partial charge in [0.1, 0.15) is 12.4 Å². The zero-order valence-corrected chi connectivity index (χ0v) is 11.4. The van der Waals surface area contributed by atoms with Crippen LogP contribution >= 0.6 is 0 Å². The molecule has 0 radical (unpaired) electrons. The molecule has 106 valence electrons. The first-order valence-corrected chi connectivity index (χ1v) is 6.91. The highest BCUT2D eigenvalue weighted by atomic mass is 19.3. The van der Waals surface area contributed by atoms with Crippen LogP contribution in [0.3, 0.4) is 0 Å². The van der Waals surface area contributed by atoms with Gasteiger partial charge in [-0.15, -0.1) is 0 Å². The molecule has 2 rings (SSSR count). The summed E-state index contributed by atoms with van der Waals surface area (Å²) in [6.45, 7) is 3.73. The number of piperidine rings is 1. The van der Waals surface area contributed by atoms with Gasteiger partial charge in [0.15, 0.2) is 0 Å². The lowest BCUT2D eigenvalue weighted by atomic mass is 10.1. The number of aryl methyl sites for hydroxylation is 1. The van der Waals surface area contributed by atoms with Gasteiger partial charge in [0.2, 0.25) is 0 Å². The van der Waals surface area contributed by atoms with Crippen LogP contribution in [0.5, 0.6) is 5.75 Å². The van der Waals surface area contributed by atoms with Crippen molar-refractivity contribution in [2.24, 2.45) is 0 Å². The molecule has 1 saturated heterocycles. The Balaban J connectivity index is 1.73. The number of nitrogens with zero attached hydrogens (tertiary/aromatic N) is 1. The van der Waals surface area contributed by atoms with Crippen molar-refractivity contribution < 1.29 is 13.5 Å². The van der Waals surface area contributed by atoms with Gasteiger partial charge in [0, 0.05) is 13.0 Å². The van der Waals surface area contributed by atoms with Crippen LogP contribution in [-0.4, -0.2) is 37.1 Å². The Labute approximate surface area is 113 Å². The second kappa shape index (κ2) is 6.33. The summed E-state index contributed by atoms with van der Waals surface area (Å²) >= 11 is 0. The zero-order valence-electron chi connectivity index (χ0n) is 11.4. The summed E-state index contributed by atoms with van der Waals surface area (Å²) < 4.78 is 32.0. The predicted molar refractivity (Wildman–Crippen MR) is 71.9 cm³/mol. The minimum atomic E-state index is -2.53. The molecule has 0 spiro atoms. The predicted octanol–water partition coefficient (Wildman–Crippen LogP) is 3.36. The topological polar surface area (TPSA) is 12.5 Å². The molecule has 0 bridgehead atoms. The van der Waals surface area contributed by atoms with Crippen LogP contribution < -0.4 is 4.74 Å². The van der Waals surface area contributed by atoms with E-state index in [0.29, 0.717) is 19.6 Å². The first-order valence-electron chi connectivity index (χ1n) is 6.91. The van der Waals surface area contributed by atoms with Crippen LogP contribution in [0.25, 0.3) is 0 Å². The number of benzene rings is 1. The maximum absolute atomic E-state index is 13.2. The van der Waals surface area contributed by atoms with Crippen molar-refractivity contribution in [3.63, 3.8) is 0 Å². The van der Waals surface area contributed by atoms with Gasteiger partial charge >= 0.3 is 0 Å². The maximum Gasteiger partial charge on any atom is 0.260 e. The SMILES string of the molecule is CCc1ccc(OCCN2CCCC(F)(F)C2)cc1. The minimum absolute atomic E-state index is 0.0167. The van der Waals surface area contributed by atoms with E-state index < -0.39 is 5.92 Å². The van der Waals surface area contributed by atoms with Crippen LogP contribution in [0.2, 0.25) is 0 Å². The standard InChI is InChI=1S/C15H21F2NO/c1-2-13-4-6-14(7-5-13)19-11-10-18-9-3-8-15(16,17)12-18/h4-7H,2-3,8-12H2,1H3. The van der Waals surface area contributed by atoms with E-state index in [0.717, 1.165) is 18.7 Å². The summed E-state index contributed by atoms with van der Waals surface area (Å²) in [4.78, 5) is 1.78. The molecule has 0 saturated carbocycles. The Bertz CT molecular complexity index is 392. The van der Waals surface area contributed by atoms with Crippen LogP contribution in [0.15, 0.2) is 24.3 Å². The molecule has 1 aromatic rings. The lowest BCUT2D eigenvalue weighted by molar-refractivity contribution is -0.0656. The monoisotopic (exact) mass is 269 g/mol. The molecule has 4 heteroatoms. The van der Waals surface area contributed by atoms with Gasteiger partial charge in [-0.1, -0.05) is 19.1 Å². The van der Waals surface area contributed by atoms with Crippen LogP contribution in [0, 0.1) is 0 Å². The molecular formula is C15H21F2NO. The molecule has 0 N–H and O–H groups in total. The highest BCUT2D eigenvalue weighted by Crippen LogP contribution is 2.26. The molecule has 1 aliphatic heterocycles. The van der Waals surface area contributed by atoms with Crippen LogP contribution in [0.4, 0.5) is 8.78 Å². The van der Waals surface area contributed by atoms with Gasteiger partial charge in [-0.2, -0.15) is 0 Å². The summed E-state index contributed by atoms with van der Waals surface area (Å²) in [7, 11) is 0. The first kappa shape index (κ1) is 14.3. The number of halogens is 2. The smallest absolute Gasteiger partial charge is 0.260 e. The highest BCUT2D eigenvalue weighted by molar-refractivity contribution is 5.27. The highest BCUT2D eigenvalue weighted by Gasteiger charge is 2.34. The van der Waals surface area contributed by atoms with Gasteiger partial charge in [0.05, 0.1) is 6.54 Å². The summed E-state index contributed by atoms with van der Waals surface area (Å²) in [5.41, 5.74) is 1.27. The molecule has 1 aromatic carbocycles. The molecule has 0 atom stereocenters. The number of alkyl halides is 2. The Morgan fingerprint density at radius 3 is 2.63 bits per heavy atom. The molecule has 0 unspecified atom stereocenters. The largest absolute Gasteiger partial charge is 0.492 e. The molecule has 1 fully saturated rings. The third-order valence-corrected chi connectivity index (χ3v) is 3.48. The number of ether oxygens (including phenoxy) is 1. The summed E-state index contributed by atoms with van der Waals surface area (Å²) in [5, 5.41) is 0. The average molecular weight is 269 g/mol. The van der Waals surface area contributed by atoms with Crippen LogP contribution in [-0.2, 0) is 6.42 Å². The van der Waals surface area contributed by atoms with Crippen molar-refractivity contribution in [3.8, 4) is 5.75 Å². The molecular weight excluding hydrogens is 248 g/mol. The second-order valence-corrected chi connectivity index (χ2v) is 5.08. The van der Waals surface area contributed by atoms with Crippen molar-refractivity contribution in [2.75, 3.05) is 26.2 Å². The van der Waals surface area contributed by atoms with Crippen molar-refractivity contribution in [1.29, 1.82) is 0 Å². The number of likely N-dealkylation sites (tertiary alicyclic amines) is 1. The zero-order chi connectivity index (χ0) is 13.7. The summed E-state index contributed by atoms with van der Waals surface area (Å²) in [6.07, 6.45) is 1.59. The van der Waals surface area contributed by atoms with Gasteiger partial charge in [-0.05, 0) is 37.1 Å². The number of hydrogen-bond donors (Lipinski definition) is 0. The van der Waals surface area contributed by atoms with E-state index >= 15 is 0 Å². The molecule has 1 heterocycles. The van der Waals surface area contributed by atoms with E-state index in [1.165, 1.54) is 5.56 Å². The summed E-state index contributed by atoms with van der Waals surface area (Å²) in [6, 6.07) is 7.93. The fourth-order valence-corrected chi connectivity index (χ4v) is 2.35. The van der Waals surface area contributed by atoms with Crippen molar-refractivity contribution in [2.45, 2.75) is 32.1 Å². The van der Waals surface area contributed by atoms with E-state index in [9.17, 15) is 8.78 Å². The Kier molecular flexibility index (Phi) is 4.75. The third kappa shape index (κ3) is 4.46. The molecule has 0 aromatic heterocycles. The van der Waals surface area contributed by atoms with Crippen LogP contribution in [0.1, 0.15) is 25.3 Å². The van der Waals surface area contributed by atoms with E-state index in [-0.39, 0.29) is 13.0 Å². The van der Waals surface area contributed by atoms with E-state index in [4.69, 9.17) is 4.74 Å². The molecule has 0 amide bonds. The lowest BCUT2D eigenvalue weighted by Gasteiger charge is -2.32. The minimum Gasteiger partial charge on any atom is -0.492 e. The van der Waals surface area contributed by atoms with Crippen molar-refractivity contribution in [3.05, 3.63) is 29.8 Å². The molecule has 2 nitrogen and oxygen atoms in total. The normalized spacial score (nSPS) is 19.3. The van der Waals surface area contributed by atoms with Gasteiger partial charge in [-0.25, -0.2) is 8.78 Å². The number of rotatable bonds is 5. The Hall–Kier alpha value is -1.16. The van der Waals surface area contributed by atoms with Gasteiger partial charge in [-0.3, -0.25) is 4.90 Å². The fraction of sp³-hybridized carbons (Fsp3) is 0.600. The lowest BCUT2D eigenvalue weighted by Crippen LogP contribution is -2.44. The maximum atomic E-state index is 13.2. The van der Waals surface area contributed by atoms with Crippen molar-refractivity contribution in [1.82, 2.24) is 4.90 Å². The summed E-state index contributed by atoms with van der Waals surface area (Å²) in [5.74, 6) is -1.72. The van der Waals surface area contributed by atoms with E-state index in [2.05, 4.69) is 6.92 Å². The van der Waals surface area contributed by atoms with Gasteiger partial charge in [0.25, 0.3) is 5.92 Å². The average Bonchev–Trinajstić information content (AvgIpc) is 2.38. The number of hydrogen-bond acceptors (Lipinski definition) is 2. The fourth-order valence-electron chi connectivity index (χ4n) is 2.35. The second-order valence-electron chi connectivity index (χ2n) is 5.08. The molecule has 0 aliphatic carbocycles. The Morgan fingerprint density at radius 2 is 2.00 bits per heavy atom. The third-order valence-electron chi connectivity index (χ3n) is 3.48. The van der Waals surface area contributed by atoms with E-state index in [1.54, 1.807) is 4.90 Å². The Morgan fingerprint density at radius 1 is 1.26 bits per heavy atom. The van der Waals surface area contributed by atoms with Gasteiger partial charge < -0.3 is 4.74 Å². The van der Waals surface area contributed by atoms with E-state index in [1.807, 2.05) is 24.3 Å². The van der Waals surface area contributed by atoms with Crippen molar-refractivity contribution >= 4 is 0 Å². The quantitative estimate of drug-likeness (QED) is 0.812.